The van der Waals surface area contributed by atoms with Crippen LogP contribution in [0.25, 0.3) is 0 Å². The Morgan fingerprint density at radius 2 is 1.85 bits per heavy atom. The maximum atomic E-state index is 12.6. The highest BCUT2D eigenvalue weighted by Crippen LogP contribution is 2.24. The summed E-state index contributed by atoms with van der Waals surface area (Å²) in [6, 6.07) is 7.46. The number of alkyl halides is 3. The van der Waals surface area contributed by atoms with Crippen molar-refractivity contribution >= 4 is 11.9 Å². The molecule has 0 aliphatic rings. The highest BCUT2D eigenvalue weighted by molar-refractivity contribution is 5.95. The van der Waals surface area contributed by atoms with Crippen molar-refractivity contribution in [3.63, 3.8) is 0 Å². The fourth-order valence-corrected chi connectivity index (χ4v) is 2.57. The van der Waals surface area contributed by atoms with Crippen LogP contribution >= 0.6 is 0 Å². The molecule has 0 unspecified atom stereocenters. The van der Waals surface area contributed by atoms with Crippen LogP contribution in [0.1, 0.15) is 44.2 Å². The molecule has 0 radical (unpaired) electrons. The van der Waals surface area contributed by atoms with Crippen LogP contribution in [0.5, 0.6) is 0 Å². The van der Waals surface area contributed by atoms with E-state index in [4.69, 9.17) is 9.52 Å². The summed E-state index contributed by atoms with van der Waals surface area (Å²) in [7, 11) is 1.47. The van der Waals surface area contributed by atoms with Gasteiger partial charge in [0.15, 0.2) is 0 Å². The maximum Gasteiger partial charge on any atom is 0.389 e. The summed E-state index contributed by atoms with van der Waals surface area (Å²) in [6.07, 6.45) is -5.61. The number of carboxylic acid groups (broad SMARTS) is 1. The van der Waals surface area contributed by atoms with Crippen molar-refractivity contribution in [3.05, 3.63) is 58.5 Å². The standard InChI is InChI=1S/C18H18F3NO4/c1-11-15(17(24)25)9-13(26-11)10-22(2)16(23)14-6-4-3-5-12(14)7-8-18(19,20)21/h3-6,9H,7-8,10H2,1-2H3,(H,24,25). The molecule has 0 atom stereocenters. The number of amides is 1. The van der Waals surface area contributed by atoms with E-state index in [1.54, 1.807) is 12.1 Å². The summed E-state index contributed by atoms with van der Waals surface area (Å²) >= 11 is 0. The zero-order valence-corrected chi connectivity index (χ0v) is 14.3. The SMILES string of the molecule is Cc1oc(CN(C)C(=O)c2ccccc2CCC(F)(F)F)cc1C(=O)O. The van der Waals surface area contributed by atoms with Crippen molar-refractivity contribution in [3.8, 4) is 0 Å². The number of carbonyl (C=O) groups is 2. The number of hydrogen-bond donors (Lipinski definition) is 1. The number of furan rings is 1. The minimum absolute atomic E-state index is 0.000554. The minimum atomic E-state index is -4.30. The van der Waals surface area contributed by atoms with Crippen LogP contribution in [0.4, 0.5) is 13.2 Å². The topological polar surface area (TPSA) is 70.8 Å². The smallest absolute Gasteiger partial charge is 0.389 e. The van der Waals surface area contributed by atoms with Gasteiger partial charge in [-0.05, 0) is 31.0 Å². The average molecular weight is 369 g/mol. The molecule has 1 aromatic carbocycles. The zero-order valence-electron chi connectivity index (χ0n) is 14.3. The lowest BCUT2D eigenvalue weighted by molar-refractivity contribution is -0.134. The molecule has 0 fully saturated rings. The fraction of sp³-hybridized carbons (Fsp3) is 0.333. The molecule has 1 amide bonds. The van der Waals surface area contributed by atoms with Crippen molar-refractivity contribution in [1.82, 2.24) is 4.90 Å². The van der Waals surface area contributed by atoms with Gasteiger partial charge in [-0.3, -0.25) is 4.79 Å². The van der Waals surface area contributed by atoms with Gasteiger partial charge in [0.2, 0.25) is 0 Å². The van der Waals surface area contributed by atoms with E-state index in [0.717, 1.165) is 0 Å². The summed E-state index contributed by atoms with van der Waals surface area (Å²) in [4.78, 5) is 24.9. The normalized spacial score (nSPS) is 11.4. The predicted octanol–water partition coefficient (Wildman–Crippen LogP) is 4.05. The average Bonchev–Trinajstić information content (AvgIpc) is 2.92. The number of aryl methyl sites for hydroxylation is 2. The second-order valence-corrected chi connectivity index (χ2v) is 5.92. The Bertz CT molecular complexity index is 811. The molecule has 0 bridgehead atoms. The van der Waals surface area contributed by atoms with Gasteiger partial charge in [0, 0.05) is 19.0 Å². The molecule has 0 spiro atoms. The molecule has 2 aromatic rings. The number of hydrogen-bond acceptors (Lipinski definition) is 3. The number of benzene rings is 1. The molecule has 1 aromatic heterocycles. The number of rotatable bonds is 6. The molecule has 1 N–H and O–H groups in total. The van der Waals surface area contributed by atoms with Crippen molar-refractivity contribution in [1.29, 1.82) is 0 Å². The molecular weight excluding hydrogens is 351 g/mol. The largest absolute Gasteiger partial charge is 0.478 e. The molecule has 2 rings (SSSR count). The molecule has 1 heterocycles. The number of carboxylic acids is 1. The first-order valence-corrected chi connectivity index (χ1v) is 7.81. The molecular formula is C18H18F3NO4. The Balaban J connectivity index is 2.15. The molecule has 5 nitrogen and oxygen atoms in total. The van der Waals surface area contributed by atoms with E-state index in [1.165, 1.54) is 37.1 Å². The van der Waals surface area contributed by atoms with Crippen LogP contribution in [0.2, 0.25) is 0 Å². The highest BCUT2D eigenvalue weighted by Gasteiger charge is 2.28. The third kappa shape index (κ3) is 4.87. The van der Waals surface area contributed by atoms with Gasteiger partial charge in [0.1, 0.15) is 17.1 Å². The first-order valence-electron chi connectivity index (χ1n) is 7.81. The van der Waals surface area contributed by atoms with Crippen LogP contribution in [0.15, 0.2) is 34.7 Å². The van der Waals surface area contributed by atoms with Gasteiger partial charge < -0.3 is 14.4 Å². The quantitative estimate of drug-likeness (QED) is 0.834. The molecule has 0 aliphatic carbocycles. The van der Waals surface area contributed by atoms with Crippen LogP contribution in [-0.2, 0) is 13.0 Å². The molecule has 140 valence electrons. The lowest BCUT2D eigenvalue weighted by Crippen LogP contribution is -2.27. The lowest BCUT2D eigenvalue weighted by Gasteiger charge is -2.18. The van der Waals surface area contributed by atoms with Gasteiger partial charge in [0.25, 0.3) is 5.91 Å². The second kappa shape index (κ2) is 7.63. The third-order valence-corrected chi connectivity index (χ3v) is 3.86. The summed E-state index contributed by atoms with van der Waals surface area (Å²) in [5.74, 6) is -1.10. The second-order valence-electron chi connectivity index (χ2n) is 5.92. The first kappa shape index (κ1) is 19.6. The van der Waals surface area contributed by atoms with E-state index in [2.05, 4.69) is 0 Å². The van der Waals surface area contributed by atoms with Crippen molar-refractivity contribution < 1.29 is 32.3 Å². The van der Waals surface area contributed by atoms with Gasteiger partial charge in [-0.1, -0.05) is 18.2 Å². The molecule has 0 saturated carbocycles. The van der Waals surface area contributed by atoms with E-state index in [1.807, 2.05) is 0 Å². The van der Waals surface area contributed by atoms with Crippen molar-refractivity contribution in [2.45, 2.75) is 32.5 Å². The van der Waals surface area contributed by atoms with Gasteiger partial charge >= 0.3 is 12.1 Å². The number of nitrogens with zero attached hydrogens (tertiary/aromatic N) is 1. The Morgan fingerprint density at radius 3 is 2.42 bits per heavy atom. The lowest BCUT2D eigenvalue weighted by atomic mass is 10.0. The molecule has 26 heavy (non-hydrogen) atoms. The predicted molar refractivity (Wildman–Crippen MR) is 87.0 cm³/mol. The number of halogens is 3. The van der Waals surface area contributed by atoms with Crippen LogP contribution < -0.4 is 0 Å². The first-order chi connectivity index (χ1) is 12.1. The number of aromatic carboxylic acids is 1. The van der Waals surface area contributed by atoms with Crippen LogP contribution in [0.3, 0.4) is 0 Å². The molecule has 0 aliphatic heterocycles. The summed E-state index contributed by atoms with van der Waals surface area (Å²) in [5, 5.41) is 9.03. The van der Waals surface area contributed by atoms with Gasteiger partial charge in [0.05, 0.1) is 6.54 Å². The highest BCUT2D eigenvalue weighted by atomic mass is 19.4. The van der Waals surface area contributed by atoms with Gasteiger partial charge in [-0.25, -0.2) is 4.79 Å². The van der Waals surface area contributed by atoms with E-state index in [0.29, 0.717) is 5.56 Å². The van der Waals surface area contributed by atoms with E-state index in [-0.39, 0.29) is 35.6 Å². The summed E-state index contributed by atoms with van der Waals surface area (Å²) in [5.41, 5.74) is 0.496. The van der Waals surface area contributed by atoms with Gasteiger partial charge in [-0.15, -0.1) is 0 Å². The van der Waals surface area contributed by atoms with Crippen molar-refractivity contribution in [2.24, 2.45) is 0 Å². The van der Waals surface area contributed by atoms with Gasteiger partial charge in [-0.2, -0.15) is 13.2 Å². The Labute approximate surface area is 148 Å². The fourth-order valence-electron chi connectivity index (χ4n) is 2.57. The zero-order chi connectivity index (χ0) is 19.5. The van der Waals surface area contributed by atoms with E-state index in [9.17, 15) is 22.8 Å². The van der Waals surface area contributed by atoms with Crippen molar-refractivity contribution in [2.75, 3.05) is 7.05 Å². The Hall–Kier alpha value is -2.77. The maximum absolute atomic E-state index is 12.6. The third-order valence-electron chi connectivity index (χ3n) is 3.86. The minimum Gasteiger partial charge on any atom is -0.478 e. The monoisotopic (exact) mass is 369 g/mol. The van der Waals surface area contributed by atoms with Crippen LogP contribution in [0, 0.1) is 6.92 Å². The number of carbonyl (C=O) groups excluding carboxylic acids is 1. The summed E-state index contributed by atoms with van der Waals surface area (Å²) in [6.45, 7) is 1.50. The summed E-state index contributed by atoms with van der Waals surface area (Å²) < 4.78 is 42.7. The van der Waals surface area contributed by atoms with E-state index >= 15 is 0 Å². The van der Waals surface area contributed by atoms with Crippen LogP contribution in [-0.4, -0.2) is 35.1 Å². The van der Waals surface area contributed by atoms with E-state index < -0.39 is 24.5 Å². The molecule has 8 heteroatoms. The Kier molecular flexibility index (Phi) is 5.74. The Morgan fingerprint density at radius 1 is 1.19 bits per heavy atom. The molecule has 0 saturated heterocycles.